The van der Waals surface area contributed by atoms with E-state index in [1.165, 1.54) is 0 Å². The maximum absolute atomic E-state index is 10.6. The first-order chi connectivity index (χ1) is 4.88. The van der Waals surface area contributed by atoms with Crippen LogP contribution in [0.15, 0.2) is 0 Å². The van der Waals surface area contributed by atoms with Crippen LogP contribution in [0.25, 0.3) is 0 Å². The first-order valence-corrected chi connectivity index (χ1v) is 5.80. The third kappa shape index (κ3) is 1.32. The largest absolute Gasteiger partial charge is 0.329 e. The number of carbonyl (C=O) groups excluding carboxylic acids is 1. The van der Waals surface area contributed by atoms with Crippen molar-refractivity contribution in [2.45, 2.75) is 11.8 Å². The van der Waals surface area contributed by atoms with Gasteiger partial charge in [-0.3, -0.25) is 4.79 Å². The summed E-state index contributed by atoms with van der Waals surface area (Å²) in [5, 5.41) is 0.572. The molecule has 58 valence electrons. The van der Waals surface area contributed by atoms with Gasteiger partial charge in [0.2, 0.25) is 5.91 Å². The smallest absolute Gasteiger partial charge is 0.226 e. The second kappa shape index (κ2) is 3.62. The molecule has 10 heavy (non-hydrogen) atoms. The Morgan fingerprint density at radius 3 is 2.80 bits per heavy atom. The van der Waals surface area contributed by atoms with Crippen LogP contribution in [0.3, 0.4) is 0 Å². The van der Waals surface area contributed by atoms with E-state index in [0.717, 1.165) is 18.7 Å². The number of alkyl halides is 1. The van der Waals surface area contributed by atoms with Crippen LogP contribution in [0.4, 0.5) is 0 Å². The van der Waals surface area contributed by atoms with Gasteiger partial charge in [-0.25, -0.2) is 0 Å². The van der Waals surface area contributed by atoms with Crippen molar-refractivity contribution < 1.29 is 4.79 Å². The molecule has 0 N–H and O–H groups in total. The Morgan fingerprint density at radius 1 is 1.70 bits per heavy atom. The summed E-state index contributed by atoms with van der Waals surface area (Å²) in [4.78, 5) is 12.6. The Bertz CT molecular complexity index is 142. The van der Waals surface area contributed by atoms with Crippen LogP contribution in [0, 0.1) is 0 Å². The van der Waals surface area contributed by atoms with Crippen LogP contribution in [0.1, 0.15) is 6.42 Å². The Morgan fingerprint density at radius 2 is 2.40 bits per heavy atom. The summed E-state index contributed by atoms with van der Waals surface area (Å²) in [6, 6.07) is 0. The zero-order valence-corrected chi connectivity index (χ0v) is 8.24. The fraction of sp³-hybridized carbons (Fsp3) is 0.833. The number of nitrogens with zero attached hydrogens (tertiary/aromatic N) is 1. The van der Waals surface area contributed by atoms with Crippen LogP contribution in [0.5, 0.6) is 0 Å². The molecule has 4 heteroatoms. The maximum atomic E-state index is 10.6. The van der Waals surface area contributed by atoms with Gasteiger partial charge in [0.15, 0.2) is 0 Å². The summed E-state index contributed by atoms with van der Waals surface area (Å²) in [6.45, 7) is 0.994. The van der Waals surface area contributed by atoms with Gasteiger partial charge in [0.05, 0.1) is 11.8 Å². The molecular formula is C6H10BrNOS. The number of fused-ring (bicyclic) bond motifs is 1. The summed E-state index contributed by atoms with van der Waals surface area (Å²) in [5.41, 5.74) is 0. The highest BCUT2D eigenvalue weighted by molar-refractivity contribution is 9.08. The molecule has 0 aliphatic carbocycles. The lowest BCUT2D eigenvalue weighted by Gasteiger charge is -2.32. The normalized spacial score (nSPS) is 28.4. The first kappa shape index (κ1) is 8.40. The number of hydrogen-bond donors (Lipinski definition) is 0. The SMILES string of the molecule is CBr.O=C1C[C@H]2SCCN12. The van der Waals surface area contributed by atoms with Gasteiger partial charge < -0.3 is 4.90 Å². The number of carbonyl (C=O) groups is 1. The van der Waals surface area contributed by atoms with Crippen molar-refractivity contribution in [2.24, 2.45) is 0 Å². The lowest BCUT2D eigenvalue weighted by atomic mass is 10.2. The molecule has 0 saturated carbocycles. The van der Waals surface area contributed by atoms with Crippen LogP contribution in [0.2, 0.25) is 0 Å². The summed E-state index contributed by atoms with van der Waals surface area (Å²) < 4.78 is 0. The molecule has 0 spiro atoms. The number of thioether (sulfide) groups is 1. The van der Waals surface area contributed by atoms with Crippen molar-refractivity contribution in [1.29, 1.82) is 0 Å². The second-order valence-corrected chi connectivity index (χ2v) is 3.40. The molecule has 2 saturated heterocycles. The van der Waals surface area contributed by atoms with E-state index in [1.807, 2.05) is 22.5 Å². The molecule has 2 nitrogen and oxygen atoms in total. The third-order valence-corrected chi connectivity index (χ3v) is 2.88. The van der Waals surface area contributed by atoms with E-state index in [-0.39, 0.29) is 0 Å². The van der Waals surface area contributed by atoms with Gasteiger partial charge in [-0.2, -0.15) is 0 Å². The predicted octanol–water partition coefficient (Wildman–Crippen LogP) is 1.30. The molecule has 1 amide bonds. The highest BCUT2D eigenvalue weighted by Crippen LogP contribution is 2.34. The summed E-state index contributed by atoms with van der Waals surface area (Å²) >= 11 is 4.84. The molecule has 2 fully saturated rings. The monoisotopic (exact) mass is 223 g/mol. The van der Waals surface area contributed by atoms with E-state index in [4.69, 9.17) is 0 Å². The molecule has 0 bridgehead atoms. The number of β-lactam (4-membered cyclic amide) rings is 1. The van der Waals surface area contributed by atoms with Crippen molar-refractivity contribution in [3.05, 3.63) is 0 Å². The Hall–Kier alpha value is 0.300. The predicted molar refractivity (Wildman–Crippen MR) is 47.4 cm³/mol. The van der Waals surface area contributed by atoms with Gasteiger partial charge in [0, 0.05) is 12.3 Å². The topological polar surface area (TPSA) is 20.3 Å². The van der Waals surface area contributed by atoms with Gasteiger partial charge >= 0.3 is 0 Å². The van der Waals surface area contributed by atoms with Crippen LogP contribution < -0.4 is 0 Å². The van der Waals surface area contributed by atoms with Crippen LogP contribution in [-0.4, -0.2) is 34.3 Å². The maximum Gasteiger partial charge on any atom is 0.226 e. The van der Waals surface area contributed by atoms with Crippen LogP contribution >= 0.6 is 27.7 Å². The fourth-order valence-corrected chi connectivity index (χ4v) is 2.37. The highest BCUT2D eigenvalue weighted by atomic mass is 79.9. The minimum Gasteiger partial charge on any atom is -0.329 e. The molecule has 0 radical (unpaired) electrons. The lowest BCUT2D eigenvalue weighted by Crippen LogP contribution is -2.46. The molecule has 0 aromatic carbocycles. The quantitative estimate of drug-likeness (QED) is 0.456. The van der Waals surface area contributed by atoms with Gasteiger partial charge in [-0.05, 0) is 5.83 Å². The number of hydrogen-bond acceptors (Lipinski definition) is 2. The zero-order valence-electron chi connectivity index (χ0n) is 5.84. The molecule has 0 aromatic rings. The van der Waals surface area contributed by atoms with E-state index in [1.54, 1.807) is 0 Å². The van der Waals surface area contributed by atoms with Crippen molar-refractivity contribution in [3.8, 4) is 0 Å². The molecule has 2 heterocycles. The Kier molecular flexibility index (Phi) is 3.04. The molecule has 2 aliphatic heterocycles. The Labute approximate surface area is 73.5 Å². The standard InChI is InChI=1S/C5H7NOS.CH3Br/c7-4-3-5-6(4)1-2-8-5;1-2/h5H,1-3H2;1H3/t5-;/m1./s1. The average Bonchev–Trinajstić information content (AvgIpc) is 2.34. The van der Waals surface area contributed by atoms with E-state index >= 15 is 0 Å². The molecular weight excluding hydrogens is 214 g/mol. The fourth-order valence-electron chi connectivity index (χ4n) is 1.13. The van der Waals surface area contributed by atoms with Gasteiger partial charge in [-0.1, -0.05) is 15.9 Å². The zero-order chi connectivity index (χ0) is 7.56. The van der Waals surface area contributed by atoms with Crippen molar-refractivity contribution in [3.63, 3.8) is 0 Å². The van der Waals surface area contributed by atoms with Crippen LogP contribution in [-0.2, 0) is 4.79 Å². The summed E-state index contributed by atoms with van der Waals surface area (Å²) in [5.74, 6) is 3.31. The minimum absolute atomic E-state index is 0.347. The highest BCUT2D eigenvalue weighted by Gasteiger charge is 2.39. The number of amides is 1. The van der Waals surface area contributed by atoms with Crippen molar-refractivity contribution >= 4 is 33.6 Å². The third-order valence-electron chi connectivity index (χ3n) is 1.66. The molecule has 2 aliphatic rings. The first-order valence-electron chi connectivity index (χ1n) is 3.17. The van der Waals surface area contributed by atoms with Crippen molar-refractivity contribution in [2.75, 3.05) is 18.1 Å². The van der Waals surface area contributed by atoms with Gasteiger partial charge in [0.25, 0.3) is 0 Å². The van der Waals surface area contributed by atoms with E-state index in [2.05, 4.69) is 15.9 Å². The van der Waals surface area contributed by atoms with Gasteiger partial charge in [0.1, 0.15) is 0 Å². The second-order valence-electron chi connectivity index (χ2n) is 2.12. The molecule has 2 rings (SSSR count). The number of rotatable bonds is 0. The molecule has 0 unspecified atom stereocenters. The average molecular weight is 224 g/mol. The van der Waals surface area contributed by atoms with E-state index in [9.17, 15) is 4.79 Å². The van der Waals surface area contributed by atoms with E-state index < -0.39 is 0 Å². The summed E-state index contributed by atoms with van der Waals surface area (Å²) in [6.07, 6.45) is 0.796. The minimum atomic E-state index is 0.347. The molecule has 0 aromatic heterocycles. The summed E-state index contributed by atoms with van der Waals surface area (Å²) in [7, 11) is 0. The Balaban J connectivity index is 0.000000231. The number of halogens is 1. The van der Waals surface area contributed by atoms with Crippen molar-refractivity contribution in [1.82, 2.24) is 4.90 Å². The lowest BCUT2D eigenvalue weighted by molar-refractivity contribution is -0.140. The van der Waals surface area contributed by atoms with Gasteiger partial charge in [-0.15, -0.1) is 11.8 Å². The van der Waals surface area contributed by atoms with E-state index in [0.29, 0.717) is 11.3 Å². The molecule has 1 atom stereocenters.